The third-order valence-electron chi connectivity index (χ3n) is 4.57. The molecule has 0 atom stereocenters. The summed E-state index contributed by atoms with van der Waals surface area (Å²) in [7, 11) is 0. The molecule has 0 unspecified atom stereocenters. The zero-order chi connectivity index (χ0) is 20.2. The molecule has 1 fully saturated rings. The maximum atomic E-state index is 13.7. The van der Waals surface area contributed by atoms with E-state index in [1.807, 2.05) is 12.1 Å². The van der Waals surface area contributed by atoms with E-state index in [0.29, 0.717) is 29.0 Å². The van der Waals surface area contributed by atoms with E-state index in [-0.39, 0.29) is 4.88 Å². The summed E-state index contributed by atoms with van der Waals surface area (Å²) in [5.41, 5.74) is 1.68. The predicted molar refractivity (Wildman–Crippen MR) is 110 cm³/mol. The lowest BCUT2D eigenvalue weighted by molar-refractivity contribution is -0.119. The van der Waals surface area contributed by atoms with Crippen LogP contribution in [0.2, 0.25) is 0 Å². The number of carbonyl (C=O) groups excluding carboxylic acids is 2. The first-order valence-corrected chi connectivity index (χ1v) is 9.99. The highest BCUT2D eigenvalue weighted by Crippen LogP contribution is 2.28. The molecule has 0 saturated carbocycles. The third kappa shape index (κ3) is 4.55. The van der Waals surface area contributed by atoms with Crippen LogP contribution in [0, 0.1) is 5.82 Å². The Morgan fingerprint density at radius 3 is 2.62 bits per heavy atom. The number of esters is 1. The molecule has 2 aromatic carbocycles. The number of rotatable bonds is 5. The van der Waals surface area contributed by atoms with Gasteiger partial charge in [-0.3, -0.25) is 4.79 Å². The topological polar surface area (TPSA) is 67.9 Å². The number of thiophene rings is 1. The minimum Gasteiger partial charge on any atom is -0.451 e. The van der Waals surface area contributed by atoms with Crippen LogP contribution in [0.4, 0.5) is 15.8 Å². The number of nitrogens with one attached hydrogen (secondary N) is 1. The first-order valence-electron chi connectivity index (χ1n) is 9.18. The number of morpholine rings is 1. The van der Waals surface area contributed by atoms with Crippen LogP contribution in [-0.2, 0) is 14.3 Å². The SMILES string of the molecule is O=C(COC(=O)c1cc2c(F)cccc2s1)Nc1ccc(N2CCOCC2)cc1. The van der Waals surface area contributed by atoms with Crippen LogP contribution in [0.3, 0.4) is 0 Å². The number of hydrogen-bond acceptors (Lipinski definition) is 6. The first kappa shape index (κ1) is 19.4. The van der Waals surface area contributed by atoms with Crippen molar-refractivity contribution in [2.24, 2.45) is 0 Å². The van der Waals surface area contributed by atoms with E-state index in [2.05, 4.69) is 10.2 Å². The fourth-order valence-electron chi connectivity index (χ4n) is 3.10. The number of carbonyl (C=O) groups is 2. The maximum Gasteiger partial charge on any atom is 0.348 e. The summed E-state index contributed by atoms with van der Waals surface area (Å²) in [6, 6.07) is 13.6. The molecule has 1 N–H and O–H groups in total. The lowest BCUT2D eigenvalue weighted by Gasteiger charge is -2.28. The van der Waals surface area contributed by atoms with Crippen molar-refractivity contribution in [2.75, 3.05) is 43.1 Å². The number of halogens is 1. The smallest absolute Gasteiger partial charge is 0.348 e. The second-order valence-corrected chi connectivity index (χ2v) is 7.62. The number of hydrogen-bond donors (Lipinski definition) is 1. The van der Waals surface area contributed by atoms with E-state index in [4.69, 9.17) is 9.47 Å². The molecule has 2 heterocycles. The molecular weight excluding hydrogens is 395 g/mol. The van der Waals surface area contributed by atoms with Gasteiger partial charge < -0.3 is 19.7 Å². The molecule has 1 aliphatic rings. The summed E-state index contributed by atoms with van der Waals surface area (Å²) in [4.78, 5) is 26.7. The highest BCUT2D eigenvalue weighted by atomic mass is 32.1. The molecule has 6 nitrogen and oxygen atoms in total. The summed E-state index contributed by atoms with van der Waals surface area (Å²) in [5.74, 6) is -1.48. The van der Waals surface area contributed by atoms with Gasteiger partial charge >= 0.3 is 5.97 Å². The van der Waals surface area contributed by atoms with Crippen LogP contribution in [-0.4, -0.2) is 44.8 Å². The molecular formula is C21H19FN2O4S. The van der Waals surface area contributed by atoms with Crippen molar-refractivity contribution in [3.05, 3.63) is 59.2 Å². The molecule has 3 aromatic rings. The van der Waals surface area contributed by atoms with E-state index in [0.717, 1.165) is 30.1 Å². The molecule has 0 aliphatic carbocycles. The van der Waals surface area contributed by atoms with Gasteiger partial charge in [0.15, 0.2) is 6.61 Å². The fourth-order valence-corrected chi connectivity index (χ4v) is 4.07. The summed E-state index contributed by atoms with van der Waals surface area (Å²) >= 11 is 1.13. The Balaban J connectivity index is 1.31. The Labute approximate surface area is 170 Å². The summed E-state index contributed by atoms with van der Waals surface area (Å²) in [6.07, 6.45) is 0. The Hall–Kier alpha value is -2.97. The van der Waals surface area contributed by atoms with E-state index < -0.39 is 24.3 Å². The Morgan fingerprint density at radius 2 is 1.90 bits per heavy atom. The molecule has 1 saturated heterocycles. The van der Waals surface area contributed by atoms with E-state index >= 15 is 0 Å². The van der Waals surface area contributed by atoms with Crippen molar-refractivity contribution < 1.29 is 23.5 Å². The normalized spacial score (nSPS) is 14.0. The van der Waals surface area contributed by atoms with Gasteiger partial charge in [0.05, 0.1) is 13.2 Å². The van der Waals surface area contributed by atoms with E-state index in [1.54, 1.807) is 24.3 Å². The molecule has 29 heavy (non-hydrogen) atoms. The largest absolute Gasteiger partial charge is 0.451 e. The number of ether oxygens (including phenoxy) is 2. The highest BCUT2D eigenvalue weighted by molar-refractivity contribution is 7.20. The molecule has 1 aliphatic heterocycles. The van der Waals surface area contributed by atoms with Crippen molar-refractivity contribution in [1.82, 2.24) is 0 Å². The predicted octanol–water partition coefficient (Wildman–Crippen LogP) is 3.67. The van der Waals surface area contributed by atoms with Crippen LogP contribution in [0.1, 0.15) is 9.67 Å². The lowest BCUT2D eigenvalue weighted by Crippen LogP contribution is -2.36. The monoisotopic (exact) mass is 414 g/mol. The molecule has 4 rings (SSSR count). The van der Waals surface area contributed by atoms with Gasteiger partial charge in [-0.25, -0.2) is 9.18 Å². The number of nitrogens with zero attached hydrogens (tertiary/aromatic N) is 1. The lowest BCUT2D eigenvalue weighted by atomic mass is 10.2. The number of fused-ring (bicyclic) bond motifs is 1. The first-order chi connectivity index (χ1) is 14.1. The molecule has 0 spiro atoms. The van der Waals surface area contributed by atoms with Crippen molar-refractivity contribution in [3.8, 4) is 0 Å². The second kappa shape index (κ2) is 8.59. The highest BCUT2D eigenvalue weighted by Gasteiger charge is 2.16. The van der Waals surface area contributed by atoms with Gasteiger partial charge in [-0.15, -0.1) is 11.3 Å². The van der Waals surface area contributed by atoms with Crippen LogP contribution in [0.25, 0.3) is 10.1 Å². The molecule has 150 valence electrons. The van der Waals surface area contributed by atoms with E-state index in [1.165, 1.54) is 12.1 Å². The minimum absolute atomic E-state index is 0.257. The quantitative estimate of drug-likeness (QED) is 0.645. The zero-order valence-electron chi connectivity index (χ0n) is 15.5. The Morgan fingerprint density at radius 1 is 1.14 bits per heavy atom. The van der Waals surface area contributed by atoms with Crippen LogP contribution >= 0.6 is 11.3 Å². The van der Waals surface area contributed by atoms with Gasteiger partial charge in [0.2, 0.25) is 0 Å². The molecule has 0 bridgehead atoms. The van der Waals surface area contributed by atoms with Crippen LogP contribution in [0.15, 0.2) is 48.5 Å². The average molecular weight is 414 g/mol. The summed E-state index contributed by atoms with van der Waals surface area (Å²) in [6.45, 7) is 2.67. The van der Waals surface area contributed by atoms with Gasteiger partial charge in [0, 0.05) is 34.6 Å². The van der Waals surface area contributed by atoms with Gasteiger partial charge in [0.25, 0.3) is 5.91 Å². The average Bonchev–Trinajstić information content (AvgIpc) is 3.19. The Kier molecular flexibility index (Phi) is 5.73. The van der Waals surface area contributed by atoms with Crippen LogP contribution in [0.5, 0.6) is 0 Å². The summed E-state index contributed by atoms with van der Waals surface area (Å²) < 4.78 is 24.8. The number of benzene rings is 2. The molecule has 8 heteroatoms. The molecule has 1 aromatic heterocycles. The van der Waals surface area contributed by atoms with Crippen molar-refractivity contribution in [2.45, 2.75) is 0 Å². The van der Waals surface area contributed by atoms with E-state index in [9.17, 15) is 14.0 Å². The standard InChI is InChI=1S/C21H19FN2O4S/c22-17-2-1-3-18-16(17)12-19(29-18)21(26)28-13-20(25)23-14-4-6-15(7-5-14)24-8-10-27-11-9-24/h1-7,12H,8-11,13H2,(H,23,25). The van der Waals surface area contributed by atoms with Crippen molar-refractivity contribution in [1.29, 1.82) is 0 Å². The number of anilines is 2. The third-order valence-corrected chi connectivity index (χ3v) is 5.65. The van der Waals surface area contributed by atoms with Crippen LogP contribution < -0.4 is 10.2 Å². The molecule has 0 radical (unpaired) electrons. The molecule has 1 amide bonds. The van der Waals surface area contributed by atoms with Gasteiger partial charge in [-0.1, -0.05) is 6.07 Å². The summed E-state index contributed by atoms with van der Waals surface area (Å²) in [5, 5.41) is 3.07. The van der Waals surface area contributed by atoms with Crippen molar-refractivity contribution >= 4 is 44.7 Å². The van der Waals surface area contributed by atoms with Gasteiger partial charge in [0.1, 0.15) is 10.7 Å². The zero-order valence-corrected chi connectivity index (χ0v) is 16.3. The number of amides is 1. The van der Waals surface area contributed by atoms with Gasteiger partial charge in [-0.2, -0.15) is 0 Å². The minimum atomic E-state index is -0.650. The van der Waals surface area contributed by atoms with Crippen molar-refractivity contribution in [3.63, 3.8) is 0 Å². The fraction of sp³-hybridized carbons (Fsp3) is 0.238. The second-order valence-electron chi connectivity index (χ2n) is 6.53. The maximum absolute atomic E-state index is 13.7. The van der Waals surface area contributed by atoms with Gasteiger partial charge in [-0.05, 0) is 42.5 Å². The Bertz CT molecular complexity index is 1030.